The second-order valence-corrected chi connectivity index (χ2v) is 4.30. The normalized spacial score (nSPS) is 10.2. The van der Waals surface area contributed by atoms with Crippen molar-refractivity contribution in [1.29, 1.82) is 0 Å². The minimum Gasteiger partial charge on any atom is -0.455 e. The minimum atomic E-state index is -0.525. The first-order valence-electron chi connectivity index (χ1n) is 6.05. The molecule has 0 radical (unpaired) electrons. The van der Waals surface area contributed by atoms with Gasteiger partial charge in [0.25, 0.3) is 0 Å². The Morgan fingerprint density at radius 3 is 2.70 bits per heavy atom. The lowest BCUT2D eigenvalue weighted by Crippen LogP contribution is -2.11. The van der Waals surface area contributed by atoms with E-state index in [2.05, 4.69) is 0 Å². The fourth-order valence-corrected chi connectivity index (χ4v) is 1.77. The van der Waals surface area contributed by atoms with E-state index in [9.17, 15) is 4.79 Å². The van der Waals surface area contributed by atoms with Gasteiger partial charge >= 0.3 is 0 Å². The van der Waals surface area contributed by atoms with Crippen LogP contribution in [0.1, 0.15) is 15.9 Å². The van der Waals surface area contributed by atoms with Gasteiger partial charge in [-0.25, -0.2) is 0 Å². The molecule has 0 aromatic heterocycles. The summed E-state index contributed by atoms with van der Waals surface area (Å²) in [5, 5.41) is 0. The minimum absolute atomic E-state index is 0.349. The lowest BCUT2D eigenvalue weighted by atomic mass is 10.2. The monoisotopic (exact) mass is 272 g/mol. The number of anilines is 1. The van der Waals surface area contributed by atoms with Crippen LogP contribution in [0.2, 0.25) is 0 Å². The Kier molecular flexibility index (Phi) is 4.22. The Balaban J connectivity index is 2.27. The van der Waals surface area contributed by atoms with Gasteiger partial charge in [0.1, 0.15) is 5.75 Å². The smallest absolute Gasteiger partial charge is 0.248 e. The maximum atomic E-state index is 11.2. The van der Waals surface area contributed by atoms with Crippen molar-refractivity contribution in [1.82, 2.24) is 0 Å². The zero-order valence-electron chi connectivity index (χ0n) is 11.1. The summed E-state index contributed by atoms with van der Waals surface area (Å²) in [6, 6.07) is 12.1. The highest BCUT2D eigenvalue weighted by Gasteiger charge is 2.07. The number of carbonyl (C=O) groups is 1. The molecular weight excluding hydrogens is 256 g/mol. The van der Waals surface area contributed by atoms with E-state index in [0.29, 0.717) is 29.4 Å². The van der Waals surface area contributed by atoms with E-state index in [0.717, 1.165) is 5.56 Å². The van der Waals surface area contributed by atoms with E-state index >= 15 is 0 Å². The molecule has 0 atom stereocenters. The number of rotatable bonds is 5. The average molecular weight is 272 g/mol. The third-order valence-electron chi connectivity index (χ3n) is 2.74. The van der Waals surface area contributed by atoms with Crippen molar-refractivity contribution in [3.8, 4) is 11.5 Å². The molecule has 2 aromatic rings. The number of carbonyl (C=O) groups excluding carboxylic acids is 1. The van der Waals surface area contributed by atoms with E-state index in [1.165, 1.54) is 6.07 Å². The van der Waals surface area contributed by atoms with Crippen LogP contribution in [-0.4, -0.2) is 13.0 Å². The van der Waals surface area contributed by atoms with E-state index < -0.39 is 5.91 Å². The molecule has 0 aliphatic carbocycles. The molecule has 0 heterocycles. The molecule has 0 saturated heterocycles. The fraction of sp³-hybridized carbons (Fsp3) is 0.133. The summed E-state index contributed by atoms with van der Waals surface area (Å²) in [5.74, 6) is 0.492. The first-order valence-corrected chi connectivity index (χ1v) is 6.05. The second kappa shape index (κ2) is 6.08. The molecule has 104 valence electrons. The predicted octanol–water partition coefficient (Wildman–Crippen LogP) is 2.31. The van der Waals surface area contributed by atoms with Gasteiger partial charge < -0.3 is 20.9 Å². The van der Waals surface area contributed by atoms with Gasteiger partial charge in [-0.05, 0) is 35.9 Å². The van der Waals surface area contributed by atoms with Gasteiger partial charge in [0.05, 0.1) is 12.3 Å². The van der Waals surface area contributed by atoms with Crippen LogP contribution in [0.3, 0.4) is 0 Å². The van der Waals surface area contributed by atoms with Crippen LogP contribution in [0.5, 0.6) is 11.5 Å². The summed E-state index contributed by atoms with van der Waals surface area (Å²) in [5.41, 5.74) is 12.8. The van der Waals surface area contributed by atoms with Crippen LogP contribution in [0.4, 0.5) is 5.69 Å². The van der Waals surface area contributed by atoms with Crippen molar-refractivity contribution >= 4 is 11.6 Å². The van der Waals surface area contributed by atoms with Crippen molar-refractivity contribution in [2.75, 3.05) is 12.8 Å². The van der Waals surface area contributed by atoms with Crippen molar-refractivity contribution in [3.05, 3.63) is 53.6 Å². The number of primary amides is 1. The topological polar surface area (TPSA) is 87.6 Å². The number of nitrogens with two attached hydrogens (primary N) is 2. The summed E-state index contributed by atoms with van der Waals surface area (Å²) in [7, 11) is 1.63. The zero-order valence-corrected chi connectivity index (χ0v) is 11.1. The highest BCUT2D eigenvalue weighted by Crippen LogP contribution is 2.29. The largest absolute Gasteiger partial charge is 0.455 e. The Morgan fingerprint density at radius 1 is 1.20 bits per heavy atom. The maximum absolute atomic E-state index is 11.2. The molecule has 5 heteroatoms. The van der Waals surface area contributed by atoms with Gasteiger partial charge in [0, 0.05) is 12.7 Å². The molecule has 0 spiro atoms. The van der Waals surface area contributed by atoms with Crippen LogP contribution in [0.25, 0.3) is 0 Å². The Bertz CT molecular complexity index is 626. The summed E-state index contributed by atoms with van der Waals surface area (Å²) in [4.78, 5) is 11.2. The molecule has 2 rings (SSSR count). The van der Waals surface area contributed by atoms with Gasteiger partial charge in [-0.1, -0.05) is 12.1 Å². The van der Waals surface area contributed by atoms with Crippen molar-refractivity contribution in [2.45, 2.75) is 6.61 Å². The molecule has 0 aliphatic rings. The van der Waals surface area contributed by atoms with Crippen molar-refractivity contribution < 1.29 is 14.3 Å². The Hall–Kier alpha value is -2.53. The number of hydrogen-bond acceptors (Lipinski definition) is 4. The number of ether oxygens (including phenoxy) is 2. The summed E-state index contributed by atoms with van der Waals surface area (Å²) in [6.45, 7) is 0.494. The zero-order chi connectivity index (χ0) is 14.5. The molecule has 0 aliphatic heterocycles. The van der Waals surface area contributed by atoms with Crippen LogP contribution >= 0.6 is 0 Å². The van der Waals surface area contributed by atoms with E-state index in [1.54, 1.807) is 25.3 Å². The number of amides is 1. The molecule has 2 aromatic carbocycles. The summed E-state index contributed by atoms with van der Waals surface area (Å²) < 4.78 is 10.8. The van der Waals surface area contributed by atoms with Crippen molar-refractivity contribution in [2.24, 2.45) is 5.73 Å². The lowest BCUT2D eigenvalue weighted by Gasteiger charge is -2.10. The van der Waals surface area contributed by atoms with Crippen LogP contribution in [0, 0.1) is 0 Å². The standard InChI is InChI=1S/C15H16N2O3/c1-19-9-10-3-2-4-12(7-10)20-14-8-11(15(17)18)5-6-13(14)16/h2-8H,9,16H2,1H3,(H2,17,18). The second-order valence-electron chi connectivity index (χ2n) is 4.30. The van der Waals surface area contributed by atoms with Crippen LogP contribution < -0.4 is 16.2 Å². The molecule has 0 bridgehead atoms. The summed E-state index contributed by atoms with van der Waals surface area (Å²) >= 11 is 0. The number of methoxy groups -OCH3 is 1. The van der Waals surface area contributed by atoms with Gasteiger partial charge in [-0.15, -0.1) is 0 Å². The highest BCUT2D eigenvalue weighted by molar-refractivity contribution is 5.93. The molecular formula is C15H16N2O3. The number of nitrogen functional groups attached to an aromatic ring is 1. The predicted molar refractivity (Wildman–Crippen MR) is 76.6 cm³/mol. The third-order valence-corrected chi connectivity index (χ3v) is 2.74. The van der Waals surface area contributed by atoms with Gasteiger partial charge in [-0.3, -0.25) is 4.79 Å². The van der Waals surface area contributed by atoms with Gasteiger partial charge in [-0.2, -0.15) is 0 Å². The first-order chi connectivity index (χ1) is 9.60. The highest BCUT2D eigenvalue weighted by atomic mass is 16.5. The Labute approximate surface area is 117 Å². The van der Waals surface area contributed by atoms with E-state index in [1.807, 2.05) is 18.2 Å². The molecule has 0 unspecified atom stereocenters. The summed E-state index contributed by atoms with van der Waals surface area (Å²) in [6.07, 6.45) is 0. The van der Waals surface area contributed by atoms with Gasteiger partial charge in [0.15, 0.2) is 5.75 Å². The van der Waals surface area contributed by atoms with E-state index in [4.69, 9.17) is 20.9 Å². The molecule has 4 N–H and O–H groups in total. The molecule has 0 fully saturated rings. The van der Waals surface area contributed by atoms with Crippen molar-refractivity contribution in [3.63, 3.8) is 0 Å². The number of hydrogen-bond donors (Lipinski definition) is 2. The fourth-order valence-electron chi connectivity index (χ4n) is 1.77. The molecule has 0 saturated carbocycles. The third kappa shape index (κ3) is 3.27. The first kappa shape index (κ1) is 13.9. The molecule has 5 nitrogen and oxygen atoms in total. The molecule has 20 heavy (non-hydrogen) atoms. The SMILES string of the molecule is COCc1cccc(Oc2cc(C(N)=O)ccc2N)c1. The van der Waals surface area contributed by atoms with Crippen LogP contribution in [-0.2, 0) is 11.3 Å². The average Bonchev–Trinajstić information content (AvgIpc) is 2.42. The van der Waals surface area contributed by atoms with Gasteiger partial charge in [0.2, 0.25) is 5.91 Å². The molecule has 1 amide bonds. The van der Waals surface area contributed by atoms with E-state index in [-0.39, 0.29) is 0 Å². The quantitative estimate of drug-likeness (QED) is 0.817. The Morgan fingerprint density at radius 2 is 2.00 bits per heavy atom. The number of benzene rings is 2. The lowest BCUT2D eigenvalue weighted by molar-refractivity contribution is 0.1000. The maximum Gasteiger partial charge on any atom is 0.248 e. The van der Waals surface area contributed by atoms with Crippen LogP contribution in [0.15, 0.2) is 42.5 Å².